The van der Waals surface area contributed by atoms with E-state index in [1.807, 2.05) is 43.3 Å². The second-order valence-corrected chi connectivity index (χ2v) is 7.55. The smallest absolute Gasteiger partial charge is 0.336 e. The first-order valence-electron chi connectivity index (χ1n) is 10.0. The first-order chi connectivity index (χ1) is 14.0. The highest BCUT2D eigenvalue weighted by atomic mass is 16.5. The van der Waals surface area contributed by atoms with E-state index in [1.165, 1.54) is 5.56 Å². The minimum absolute atomic E-state index is 0.0192. The maximum atomic E-state index is 11.8. The summed E-state index contributed by atoms with van der Waals surface area (Å²) in [5.74, 6) is 1.12. The van der Waals surface area contributed by atoms with Gasteiger partial charge >= 0.3 is 6.01 Å². The molecule has 152 valence electrons. The predicted octanol–water partition coefficient (Wildman–Crippen LogP) is 5.02. The molecular weight excluding hydrogens is 364 g/mol. The molecule has 0 atom stereocenters. The molecule has 3 aromatic rings. The summed E-state index contributed by atoms with van der Waals surface area (Å²) in [6.45, 7) is 8.77. The zero-order valence-electron chi connectivity index (χ0n) is 17.5. The van der Waals surface area contributed by atoms with Crippen molar-refractivity contribution < 1.29 is 9.53 Å². The average Bonchev–Trinajstić information content (AvgIpc) is 3.12. The number of aryl methyl sites for hydroxylation is 1. The van der Waals surface area contributed by atoms with E-state index in [4.69, 9.17) is 4.74 Å². The Hall–Kier alpha value is -3.15. The van der Waals surface area contributed by atoms with Gasteiger partial charge in [0.2, 0.25) is 5.91 Å². The number of nitrogens with one attached hydrogen (secondary N) is 1. The van der Waals surface area contributed by atoms with E-state index in [2.05, 4.69) is 48.3 Å². The summed E-state index contributed by atoms with van der Waals surface area (Å²) in [7, 11) is 0. The number of hydrogen-bond acceptors (Lipinski definition) is 4. The van der Waals surface area contributed by atoms with Gasteiger partial charge in [-0.3, -0.25) is 4.79 Å². The van der Waals surface area contributed by atoms with Crippen LogP contribution in [0.25, 0.3) is 17.1 Å². The van der Waals surface area contributed by atoms with E-state index < -0.39 is 0 Å². The van der Waals surface area contributed by atoms with Gasteiger partial charge in [-0.15, -0.1) is 5.10 Å². The number of amides is 1. The molecule has 1 heterocycles. The lowest BCUT2D eigenvalue weighted by Crippen LogP contribution is -2.10. The molecule has 2 aromatic carbocycles. The molecule has 0 bridgehead atoms. The molecule has 0 unspecified atom stereocenters. The van der Waals surface area contributed by atoms with Crippen LogP contribution in [-0.4, -0.2) is 27.3 Å². The molecule has 1 aromatic heterocycles. The molecule has 0 aliphatic carbocycles. The number of benzene rings is 2. The third kappa shape index (κ3) is 5.44. The van der Waals surface area contributed by atoms with Crippen LogP contribution in [0.1, 0.15) is 39.2 Å². The van der Waals surface area contributed by atoms with Crippen molar-refractivity contribution in [3.05, 3.63) is 54.1 Å². The Kier molecular flexibility index (Phi) is 6.65. The van der Waals surface area contributed by atoms with Gasteiger partial charge in [0.25, 0.3) is 0 Å². The number of aromatic nitrogens is 3. The molecule has 0 saturated carbocycles. The molecule has 0 aliphatic rings. The topological polar surface area (TPSA) is 69.0 Å². The minimum Gasteiger partial charge on any atom is -0.462 e. The molecular formula is C23H28N4O2. The molecule has 6 nitrogen and oxygen atoms in total. The first-order valence-corrected chi connectivity index (χ1v) is 10.0. The van der Waals surface area contributed by atoms with Crippen molar-refractivity contribution in [3.8, 4) is 23.1 Å². The van der Waals surface area contributed by atoms with Gasteiger partial charge in [-0.05, 0) is 43.5 Å². The molecule has 0 radical (unpaired) electrons. The standard InChI is InChI=1S/C23H28N4O2/c1-5-6-21(28)24-19-11-13-20(14-12-19)27-22(18-9-7-17(4)8-10-18)25-23(26-27)29-15-16(2)3/h7-14,16H,5-6,15H2,1-4H3,(H,24,28). The van der Waals surface area contributed by atoms with Gasteiger partial charge in [0.15, 0.2) is 5.82 Å². The maximum Gasteiger partial charge on any atom is 0.336 e. The number of carbonyl (C=O) groups excluding carboxylic acids is 1. The van der Waals surface area contributed by atoms with Crippen molar-refractivity contribution >= 4 is 11.6 Å². The molecule has 0 saturated heterocycles. The van der Waals surface area contributed by atoms with Crippen LogP contribution in [0.3, 0.4) is 0 Å². The lowest BCUT2D eigenvalue weighted by Gasteiger charge is -2.08. The molecule has 3 rings (SSSR count). The highest BCUT2D eigenvalue weighted by Gasteiger charge is 2.15. The fourth-order valence-electron chi connectivity index (χ4n) is 2.80. The van der Waals surface area contributed by atoms with Gasteiger partial charge in [-0.25, -0.2) is 4.68 Å². The average molecular weight is 393 g/mol. The van der Waals surface area contributed by atoms with Gasteiger partial charge in [0.1, 0.15) is 0 Å². The summed E-state index contributed by atoms with van der Waals surface area (Å²) in [6.07, 6.45) is 1.33. The van der Waals surface area contributed by atoms with Crippen molar-refractivity contribution in [3.63, 3.8) is 0 Å². The first kappa shape index (κ1) is 20.6. The monoisotopic (exact) mass is 392 g/mol. The summed E-state index contributed by atoms with van der Waals surface area (Å²) in [6, 6.07) is 16.1. The number of rotatable bonds is 8. The highest BCUT2D eigenvalue weighted by molar-refractivity contribution is 5.90. The Morgan fingerprint density at radius 1 is 1.10 bits per heavy atom. The largest absolute Gasteiger partial charge is 0.462 e. The molecule has 29 heavy (non-hydrogen) atoms. The van der Waals surface area contributed by atoms with Gasteiger partial charge < -0.3 is 10.1 Å². The van der Waals surface area contributed by atoms with E-state index in [1.54, 1.807) is 4.68 Å². The molecule has 0 fully saturated rings. The van der Waals surface area contributed by atoms with Crippen molar-refractivity contribution in [1.29, 1.82) is 0 Å². The third-order valence-corrected chi connectivity index (χ3v) is 4.32. The Morgan fingerprint density at radius 2 is 1.79 bits per heavy atom. The minimum atomic E-state index is 0.0192. The molecule has 0 spiro atoms. The fourth-order valence-corrected chi connectivity index (χ4v) is 2.80. The number of ether oxygens (including phenoxy) is 1. The van der Waals surface area contributed by atoms with E-state index in [0.717, 1.165) is 23.4 Å². The van der Waals surface area contributed by atoms with Crippen molar-refractivity contribution in [2.24, 2.45) is 5.92 Å². The van der Waals surface area contributed by atoms with Gasteiger partial charge in [-0.1, -0.05) is 50.6 Å². The summed E-state index contributed by atoms with van der Waals surface area (Å²) in [5.41, 5.74) is 3.76. The molecule has 1 N–H and O–H groups in total. The van der Waals surface area contributed by atoms with Gasteiger partial charge in [0, 0.05) is 17.7 Å². The van der Waals surface area contributed by atoms with E-state index >= 15 is 0 Å². The quantitative estimate of drug-likeness (QED) is 0.585. The van der Waals surface area contributed by atoms with Crippen LogP contribution in [0, 0.1) is 12.8 Å². The Labute approximate surface area is 171 Å². The number of carbonyl (C=O) groups is 1. The lowest BCUT2D eigenvalue weighted by molar-refractivity contribution is -0.116. The maximum absolute atomic E-state index is 11.8. The zero-order chi connectivity index (χ0) is 20.8. The van der Waals surface area contributed by atoms with E-state index in [0.29, 0.717) is 30.8 Å². The molecule has 1 amide bonds. The Balaban J connectivity index is 1.91. The Bertz CT molecular complexity index is 944. The normalized spacial score (nSPS) is 10.9. The predicted molar refractivity (Wildman–Crippen MR) is 115 cm³/mol. The Morgan fingerprint density at radius 3 is 2.41 bits per heavy atom. The van der Waals surface area contributed by atoms with Crippen LogP contribution in [0.15, 0.2) is 48.5 Å². The summed E-state index contributed by atoms with van der Waals surface area (Å²) < 4.78 is 7.53. The van der Waals surface area contributed by atoms with Crippen LogP contribution in [0.4, 0.5) is 5.69 Å². The highest BCUT2D eigenvalue weighted by Crippen LogP contribution is 2.25. The SMILES string of the molecule is CCCC(=O)Nc1ccc(-n2nc(OCC(C)C)nc2-c2ccc(C)cc2)cc1. The van der Waals surface area contributed by atoms with Gasteiger partial charge in [0.05, 0.1) is 12.3 Å². The second kappa shape index (κ2) is 9.37. The molecule has 6 heteroatoms. The number of nitrogens with zero attached hydrogens (tertiary/aromatic N) is 3. The summed E-state index contributed by atoms with van der Waals surface area (Å²) in [4.78, 5) is 16.4. The van der Waals surface area contributed by atoms with Gasteiger partial charge in [-0.2, -0.15) is 4.98 Å². The third-order valence-electron chi connectivity index (χ3n) is 4.32. The summed E-state index contributed by atoms with van der Waals surface area (Å²) >= 11 is 0. The van der Waals surface area contributed by atoms with E-state index in [-0.39, 0.29) is 5.91 Å². The zero-order valence-corrected chi connectivity index (χ0v) is 17.5. The summed E-state index contributed by atoms with van der Waals surface area (Å²) in [5, 5.41) is 7.47. The molecule has 0 aliphatic heterocycles. The fraction of sp³-hybridized carbons (Fsp3) is 0.348. The number of hydrogen-bond donors (Lipinski definition) is 1. The van der Waals surface area contributed by atoms with E-state index in [9.17, 15) is 4.79 Å². The van der Waals surface area contributed by atoms with Crippen LogP contribution >= 0.6 is 0 Å². The lowest BCUT2D eigenvalue weighted by atomic mass is 10.1. The van der Waals surface area contributed by atoms with Crippen molar-refractivity contribution in [2.75, 3.05) is 11.9 Å². The van der Waals surface area contributed by atoms with Crippen LogP contribution in [0.5, 0.6) is 6.01 Å². The second-order valence-electron chi connectivity index (χ2n) is 7.55. The van der Waals surface area contributed by atoms with Crippen LogP contribution in [-0.2, 0) is 4.79 Å². The van der Waals surface area contributed by atoms with Crippen molar-refractivity contribution in [1.82, 2.24) is 14.8 Å². The number of anilines is 1. The van der Waals surface area contributed by atoms with Crippen LogP contribution < -0.4 is 10.1 Å². The van der Waals surface area contributed by atoms with Crippen molar-refractivity contribution in [2.45, 2.75) is 40.5 Å². The van der Waals surface area contributed by atoms with Crippen LogP contribution in [0.2, 0.25) is 0 Å².